The number of amidine groups is 1. The number of carbonyl (C=O) groups is 1. The molecule has 1 saturated heterocycles. The smallest absolute Gasteiger partial charge is 0.288 e. The number of hydrogen-bond acceptors (Lipinski definition) is 7. The van der Waals surface area contributed by atoms with E-state index in [-0.39, 0.29) is 35.9 Å². The third kappa shape index (κ3) is 5.40. The molecule has 2 aliphatic heterocycles. The molecule has 1 amide bonds. The number of carbonyl (C=O) groups excluding carboxylic acids is 1. The Labute approximate surface area is 228 Å². The number of ether oxygens (including phenoxy) is 1. The Morgan fingerprint density at radius 1 is 1.26 bits per heavy atom. The lowest BCUT2D eigenvalue weighted by atomic mass is 9.81. The Morgan fingerprint density at radius 3 is 2.74 bits per heavy atom. The first-order chi connectivity index (χ1) is 18.7. The Morgan fingerprint density at radius 2 is 2.03 bits per heavy atom. The zero-order valence-electron chi connectivity index (χ0n) is 21.8. The normalized spacial score (nSPS) is 20.5. The third-order valence-corrected chi connectivity index (χ3v) is 7.87. The van der Waals surface area contributed by atoms with Gasteiger partial charge in [0.1, 0.15) is 17.1 Å². The molecule has 2 unspecified atom stereocenters. The fourth-order valence-electron chi connectivity index (χ4n) is 4.86. The number of halogens is 2. The maximum absolute atomic E-state index is 15.6. The minimum Gasteiger partial charge on any atom is -0.493 e. The van der Waals surface area contributed by atoms with Gasteiger partial charge < -0.3 is 15.0 Å². The first-order valence-electron chi connectivity index (χ1n) is 12.7. The molecule has 3 aromatic rings. The Bertz CT molecular complexity index is 1480. The standard InChI is InChI=1S/C28H29F2N5O3S/c1-16(2)13-38-20-9-10-22(29)21(11-20)28-15-35(26-31-17(3)23(30)25(37)32-26)12-19(28)14-39-27(34-28)33-24(36)18-7-5-4-6-8-18/h4-11,16,19H,12-15H2,1-3H3,(H,31,32,37)(H,33,34,36). The lowest BCUT2D eigenvalue weighted by Crippen LogP contribution is -2.43. The summed E-state index contributed by atoms with van der Waals surface area (Å²) in [6.07, 6.45) is 0. The van der Waals surface area contributed by atoms with Crippen LogP contribution in [-0.4, -0.2) is 46.5 Å². The molecular formula is C28H29F2N5O3S. The van der Waals surface area contributed by atoms with E-state index in [0.717, 1.165) is 0 Å². The second-order valence-electron chi connectivity index (χ2n) is 10.2. The molecule has 204 valence electrons. The number of thioether (sulfide) groups is 1. The molecular weight excluding hydrogens is 524 g/mol. The quantitative estimate of drug-likeness (QED) is 0.474. The van der Waals surface area contributed by atoms with Crippen LogP contribution in [0.2, 0.25) is 0 Å². The van der Waals surface area contributed by atoms with Crippen LogP contribution in [0.15, 0.2) is 58.3 Å². The molecule has 2 aromatic carbocycles. The Kier molecular flexibility index (Phi) is 7.44. The number of fused-ring (bicyclic) bond motifs is 1. The predicted molar refractivity (Wildman–Crippen MR) is 147 cm³/mol. The van der Waals surface area contributed by atoms with Crippen molar-refractivity contribution in [1.82, 2.24) is 15.3 Å². The van der Waals surface area contributed by atoms with E-state index < -0.39 is 22.7 Å². The van der Waals surface area contributed by atoms with Gasteiger partial charge in [-0.1, -0.05) is 43.8 Å². The predicted octanol–water partition coefficient (Wildman–Crippen LogP) is 4.26. The first kappa shape index (κ1) is 26.9. The van der Waals surface area contributed by atoms with E-state index in [1.165, 1.54) is 24.8 Å². The van der Waals surface area contributed by atoms with E-state index in [2.05, 4.69) is 15.3 Å². The van der Waals surface area contributed by atoms with Gasteiger partial charge in [-0.05, 0) is 43.2 Å². The van der Waals surface area contributed by atoms with E-state index >= 15 is 4.39 Å². The van der Waals surface area contributed by atoms with Crippen LogP contribution >= 0.6 is 11.8 Å². The maximum Gasteiger partial charge on any atom is 0.288 e. The van der Waals surface area contributed by atoms with E-state index in [9.17, 15) is 14.0 Å². The summed E-state index contributed by atoms with van der Waals surface area (Å²) in [5, 5.41) is 3.24. The van der Waals surface area contributed by atoms with Gasteiger partial charge in [-0.2, -0.15) is 4.39 Å². The fourth-order valence-corrected chi connectivity index (χ4v) is 5.99. The molecule has 2 N–H and O–H groups in total. The highest BCUT2D eigenvalue weighted by atomic mass is 32.2. The van der Waals surface area contributed by atoms with Gasteiger partial charge >= 0.3 is 0 Å². The first-order valence-corrected chi connectivity index (χ1v) is 13.7. The Hall–Kier alpha value is -3.73. The Balaban J connectivity index is 1.57. The number of anilines is 1. The van der Waals surface area contributed by atoms with E-state index in [1.54, 1.807) is 41.3 Å². The minimum atomic E-state index is -1.12. The monoisotopic (exact) mass is 553 g/mol. The van der Waals surface area contributed by atoms with Crippen molar-refractivity contribution in [1.29, 1.82) is 0 Å². The van der Waals surface area contributed by atoms with Gasteiger partial charge in [-0.3, -0.25) is 14.6 Å². The van der Waals surface area contributed by atoms with Crippen LogP contribution in [0, 0.1) is 30.4 Å². The fraction of sp³-hybridized carbons (Fsp3) is 0.357. The van der Waals surface area contributed by atoms with Crippen LogP contribution in [0.25, 0.3) is 0 Å². The van der Waals surface area contributed by atoms with Gasteiger partial charge in [0.2, 0.25) is 11.8 Å². The second kappa shape index (κ2) is 10.8. The van der Waals surface area contributed by atoms with Crippen LogP contribution in [0.4, 0.5) is 14.7 Å². The summed E-state index contributed by atoms with van der Waals surface area (Å²) in [7, 11) is 0. The zero-order chi connectivity index (χ0) is 27.7. The van der Waals surface area contributed by atoms with E-state index in [4.69, 9.17) is 9.73 Å². The number of aromatic amines is 1. The van der Waals surface area contributed by atoms with Crippen LogP contribution < -0.4 is 20.5 Å². The zero-order valence-corrected chi connectivity index (χ0v) is 22.6. The summed E-state index contributed by atoms with van der Waals surface area (Å²) in [5.74, 6) is -0.420. The number of hydrogen-bond donors (Lipinski definition) is 2. The summed E-state index contributed by atoms with van der Waals surface area (Å²) in [5.41, 5.74) is -1.22. The number of nitrogens with one attached hydrogen (secondary N) is 2. The van der Waals surface area contributed by atoms with Crippen molar-refractivity contribution < 1.29 is 18.3 Å². The molecule has 3 heterocycles. The molecule has 2 aliphatic rings. The van der Waals surface area contributed by atoms with Gasteiger partial charge in [-0.25, -0.2) is 14.4 Å². The molecule has 0 saturated carbocycles. The number of aromatic nitrogens is 2. The number of aliphatic imine (C=N–C) groups is 1. The van der Waals surface area contributed by atoms with Crippen molar-refractivity contribution in [2.75, 3.05) is 30.3 Å². The van der Waals surface area contributed by atoms with Crippen LogP contribution in [0.3, 0.4) is 0 Å². The van der Waals surface area contributed by atoms with Crippen molar-refractivity contribution in [3.8, 4) is 5.75 Å². The molecule has 8 nitrogen and oxygen atoms in total. The molecule has 39 heavy (non-hydrogen) atoms. The molecule has 0 radical (unpaired) electrons. The van der Waals surface area contributed by atoms with Gasteiger partial charge in [0.25, 0.3) is 11.5 Å². The SMILES string of the molecule is Cc1nc(N2CC3CSC(NC(=O)c4ccccc4)=NC3(c3cc(OCC(C)C)ccc3F)C2)[nH]c(=O)c1F. The van der Waals surface area contributed by atoms with Gasteiger partial charge in [0.15, 0.2) is 5.17 Å². The summed E-state index contributed by atoms with van der Waals surface area (Å²) < 4.78 is 35.5. The van der Waals surface area contributed by atoms with E-state index in [1.807, 2.05) is 19.9 Å². The average molecular weight is 554 g/mol. The van der Waals surface area contributed by atoms with Crippen molar-refractivity contribution in [3.05, 3.63) is 87.3 Å². The van der Waals surface area contributed by atoms with Crippen LogP contribution in [-0.2, 0) is 5.54 Å². The van der Waals surface area contributed by atoms with Crippen molar-refractivity contribution in [2.45, 2.75) is 26.3 Å². The van der Waals surface area contributed by atoms with E-state index in [0.29, 0.717) is 40.9 Å². The largest absolute Gasteiger partial charge is 0.493 e. The molecule has 5 rings (SSSR count). The molecule has 0 spiro atoms. The second-order valence-corrected chi connectivity index (χ2v) is 11.2. The number of rotatable bonds is 6. The topological polar surface area (TPSA) is 99.7 Å². The molecule has 2 atom stereocenters. The van der Waals surface area contributed by atoms with Crippen molar-refractivity contribution in [3.63, 3.8) is 0 Å². The highest BCUT2D eigenvalue weighted by Crippen LogP contribution is 2.47. The average Bonchev–Trinajstić information content (AvgIpc) is 3.31. The maximum atomic E-state index is 15.6. The summed E-state index contributed by atoms with van der Waals surface area (Å²) in [4.78, 5) is 38.6. The summed E-state index contributed by atoms with van der Waals surface area (Å²) in [6, 6.07) is 13.4. The van der Waals surface area contributed by atoms with Crippen LogP contribution in [0.5, 0.6) is 5.75 Å². The number of H-pyrrole nitrogens is 1. The molecule has 0 bridgehead atoms. The molecule has 0 aliphatic carbocycles. The lowest BCUT2D eigenvalue weighted by molar-refractivity contribution is 0.0977. The highest BCUT2D eigenvalue weighted by Gasteiger charge is 2.52. The number of nitrogens with zero attached hydrogens (tertiary/aromatic N) is 3. The summed E-state index contributed by atoms with van der Waals surface area (Å²) in [6.45, 7) is 6.48. The van der Waals surface area contributed by atoms with Crippen molar-refractivity contribution in [2.24, 2.45) is 16.8 Å². The van der Waals surface area contributed by atoms with Gasteiger partial charge in [0.05, 0.1) is 18.8 Å². The number of benzene rings is 2. The van der Waals surface area contributed by atoms with Crippen LogP contribution in [0.1, 0.15) is 35.5 Å². The molecule has 1 fully saturated rings. The highest BCUT2D eigenvalue weighted by molar-refractivity contribution is 8.13. The number of aryl methyl sites for hydroxylation is 1. The summed E-state index contributed by atoms with van der Waals surface area (Å²) >= 11 is 1.37. The molecule has 11 heteroatoms. The van der Waals surface area contributed by atoms with Gasteiger partial charge in [-0.15, -0.1) is 0 Å². The van der Waals surface area contributed by atoms with Gasteiger partial charge in [0, 0.05) is 29.3 Å². The lowest BCUT2D eigenvalue weighted by Gasteiger charge is -2.35. The molecule has 1 aromatic heterocycles. The third-order valence-electron chi connectivity index (χ3n) is 6.83. The van der Waals surface area contributed by atoms with Crippen molar-refractivity contribution >= 4 is 28.8 Å². The number of amides is 1. The minimum absolute atomic E-state index is 0.0263.